The quantitative estimate of drug-likeness (QED) is 0.437. The molecule has 1 fully saturated rings. The molecule has 2 aliphatic rings. The average Bonchev–Trinajstić information content (AvgIpc) is 3.29. The SMILES string of the molecule is CCONc1ncnc2c1ccn2[C@@H]1O[C@H]([C@](C)(O)c2ccc3c(c2)CC3)[C@@H](O)[C@H]1O. The summed E-state index contributed by atoms with van der Waals surface area (Å²) in [4.78, 5) is 13.7. The van der Waals surface area contributed by atoms with Crippen LogP contribution >= 0.6 is 0 Å². The highest BCUT2D eigenvalue weighted by molar-refractivity contribution is 5.87. The lowest BCUT2D eigenvalue weighted by Gasteiger charge is -2.33. The summed E-state index contributed by atoms with van der Waals surface area (Å²) in [6.07, 6.45) is 0.627. The van der Waals surface area contributed by atoms with Crippen LogP contribution in [0.25, 0.3) is 11.0 Å². The van der Waals surface area contributed by atoms with Gasteiger partial charge >= 0.3 is 0 Å². The second-order valence-electron chi connectivity index (χ2n) is 8.28. The van der Waals surface area contributed by atoms with Gasteiger partial charge in [-0.05, 0) is 49.4 Å². The average molecular weight is 426 g/mol. The molecule has 1 saturated heterocycles. The smallest absolute Gasteiger partial charge is 0.164 e. The van der Waals surface area contributed by atoms with Gasteiger partial charge in [0.15, 0.2) is 12.0 Å². The molecule has 3 heterocycles. The summed E-state index contributed by atoms with van der Waals surface area (Å²) in [7, 11) is 0. The molecule has 0 saturated carbocycles. The first-order valence-corrected chi connectivity index (χ1v) is 10.5. The molecule has 4 N–H and O–H groups in total. The fourth-order valence-electron chi connectivity index (χ4n) is 4.43. The molecule has 1 aliphatic carbocycles. The van der Waals surface area contributed by atoms with Crippen molar-refractivity contribution in [3.63, 3.8) is 0 Å². The van der Waals surface area contributed by atoms with E-state index in [0.717, 1.165) is 12.8 Å². The van der Waals surface area contributed by atoms with Gasteiger partial charge < -0.3 is 24.6 Å². The van der Waals surface area contributed by atoms with E-state index in [9.17, 15) is 15.3 Å². The molecule has 0 radical (unpaired) electrons. The second-order valence-corrected chi connectivity index (χ2v) is 8.28. The molecule has 31 heavy (non-hydrogen) atoms. The summed E-state index contributed by atoms with van der Waals surface area (Å²) in [5, 5.41) is 33.6. The lowest BCUT2D eigenvalue weighted by Crippen LogP contribution is -2.45. The minimum absolute atomic E-state index is 0.461. The molecule has 0 unspecified atom stereocenters. The summed E-state index contributed by atoms with van der Waals surface area (Å²) in [6, 6.07) is 7.60. The zero-order valence-electron chi connectivity index (χ0n) is 17.4. The number of anilines is 1. The third-order valence-corrected chi connectivity index (χ3v) is 6.34. The van der Waals surface area contributed by atoms with Gasteiger partial charge in [0.2, 0.25) is 0 Å². The first-order chi connectivity index (χ1) is 14.9. The molecule has 0 amide bonds. The maximum atomic E-state index is 11.3. The number of ether oxygens (including phenoxy) is 1. The van der Waals surface area contributed by atoms with Gasteiger partial charge in [0.25, 0.3) is 0 Å². The summed E-state index contributed by atoms with van der Waals surface area (Å²) in [6.45, 7) is 3.92. The van der Waals surface area contributed by atoms with Crippen LogP contribution in [0, 0.1) is 0 Å². The molecule has 1 aliphatic heterocycles. The highest BCUT2D eigenvalue weighted by Gasteiger charge is 2.52. The van der Waals surface area contributed by atoms with E-state index in [0.29, 0.717) is 29.0 Å². The van der Waals surface area contributed by atoms with E-state index in [-0.39, 0.29) is 0 Å². The van der Waals surface area contributed by atoms with E-state index < -0.39 is 30.1 Å². The van der Waals surface area contributed by atoms with Gasteiger partial charge in [0, 0.05) is 6.20 Å². The lowest BCUT2D eigenvalue weighted by atomic mass is 9.81. The summed E-state index contributed by atoms with van der Waals surface area (Å²) < 4.78 is 7.70. The third kappa shape index (κ3) is 3.20. The van der Waals surface area contributed by atoms with Crippen LogP contribution in [-0.2, 0) is 28.0 Å². The Bertz CT molecular complexity index is 1110. The van der Waals surface area contributed by atoms with E-state index in [1.165, 1.54) is 17.5 Å². The van der Waals surface area contributed by atoms with Gasteiger partial charge in [0.1, 0.15) is 35.9 Å². The Morgan fingerprint density at radius 2 is 2.00 bits per heavy atom. The Balaban J connectivity index is 1.46. The number of aliphatic hydroxyl groups is 3. The Morgan fingerprint density at radius 1 is 1.19 bits per heavy atom. The maximum Gasteiger partial charge on any atom is 0.164 e. The molecule has 9 heteroatoms. The van der Waals surface area contributed by atoms with Crippen molar-refractivity contribution in [3.8, 4) is 0 Å². The molecular formula is C22H26N4O5. The van der Waals surface area contributed by atoms with Crippen LogP contribution in [0.15, 0.2) is 36.8 Å². The maximum absolute atomic E-state index is 11.3. The van der Waals surface area contributed by atoms with Crippen LogP contribution in [0.5, 0.6) is 0 Å². The normalized spacial score (nSPS) is 27.0. The molecule has 0 bridgehead atoms. The molecule has 5 rings (SSSR count). The molecule has 1 aromatic carbocycles. The molecule has 3 aromatic rings. The van der Waals surface area contributed by atoms with Crippen molar-refractivity contribution >= 4 is 16.9 Å². The number of aromatic nitrogens is 3. The fraction of sp³-hybridized carbons (Fsp3) is 0.455. The van der Waals surface area contributed by atoms with Crippen molar-refractivity contribution in [2.24, 2.45) is 0 Å². The van der Waals surface area contributed by atoms with Crippen LogP contribution < -0.4 is 5.48 Å². The Labute approximate surface area is 179 Å². The first-order valence-electron chi connectivity index (χ1n) is 10.5. The number of hydrogen-bond acceptors (Lipinski definition) is 8. The second kappa shape index (κ2) is 7.54. The molecule has 0 spiro atoms. The van der Waals surface area contributed by atoms with Crippen molar-refractivity contribution in [2.45, 2.75) is 56.8 Å². The van der Waals surface area contributed by atoms with Crippen LogP contribution in [-0.4, -0.2) is 54.8 Å². The highest BCUT2D eigenvalue weighted by atomic mass is 16.6. The zero-order valence-corrected chi connectivity index (χ0v) is 17.4. The van der Waals surface area contributed by atoms with Crippen LogP contribution in [0.1, 0.15) is 36.8 Å². The number of nitrogens with one attached hydrogen (secondary N) is 1. The summed E-state index contributed by atoms with van der Waals surface area (Å²) in [5.41, 5.74) is 4.93. The van der Waals surface area contributed by atoms with E-state index in [2.05, 4.69) is 15.4 Å². The van der Waals surface area contributed by atoms with Crippen LogP contribution in [0.2, 0.25) is 0 Å². The van der Waals surface area contributed by atoms with Crippen molar-refractivity contribution in [2.75, 3.05) is 12.1 Å². The zero-order chi connectivity index (χ0) is 21.8. The van der Waals surface area contributed by atoms with Gasteiger partial charge in [-0.3, -0.25) is 4.84 Å². The Hall–Kier alpha value is -2.56. The number of rotatable bonds is 6. The lowest BCUT2D eigenvalue weighted by molar-refractivity contribution is -0.135. The molecule has 164 valence electrons. The van der Waals surface area contributed by atoms with Gasteiger partial charge in [-0.1, -0.05) is 18.2 Å². The van der Waals surface area contributed by atoms with Gasteiger partial charge in [-0.25, -0.2) is 15.4 Å². The van der Waals surface area contributed by atoms with Crippen molar-refractivity contribution in [1.82, 2.24) is 14.5 Å². The number of hydrogen-bond donors (Lipinski definition) is 4. The Kier molecular flexibility index (Phi) is 4.95. The number of fused-ring (bicyclic) bond motifs is 2. The fourth-order valence-corrected chi connectivity index (χ4v) is 4.43. The first kappa shape index (κ1) is 20.3. The number of nitrogens with zero attached hydrogens (tertiary/aromatic N) is 3. The number of benzene rings is 1. The van der Waals surface area contributed by atoms with E-state index >= 15 is 0 Å². The summed E-state index contributed by atoms with van der Waals surface area (Å²) in [5.74, 6) is 0.490. The molecular weight excluding hydrogens is 400 g/mol. The third-order valence-electron chi connectivity index (χ3n) is 6.34. The van der Waals surface area contributed by atoms with Crippen LogP contribution in [0.4, 0.5) is 5.82 Å². The minimum Gasteiger partial charge on any atom is -0.387 e. The Morgan fingerprint density at radius 3 is 2.71 bits per heavy atom. The topological polar surface area (TPSA) is 122 Å². The summed E-state index contributed by atoms with van der Waals surface area (Å²) >= 11 is 0. The van der Waals surface area contributed by atoms with Crippen molar-refractivity contribution in [1.29, 1.82) is 0 Å². The standard InChI is InChI=1S/C22H26N4O5/c1-3-30-25-19-15-8-9-26(20(15)24-11-23-19)21-17(28)16(27)18(31-21)22(2,29)14-7-6-12-4-5-13(12)10-14/h6-11,16-18,21,27-29H,3-5H2,1-2H3,(H,23,24,25)/t16-,17+,18-,21+,22+/m0/s1. The van der Waals surface area contributed by atoms with Gasteiger partial charge in [-0.2, -0.15) is 0 Å². The molecule has 5 atom stereocenters. The van der Waals surface area contributed by atoms with E-state index in [1.54, 1.807) is 23.8 Å². The van der Waals surface area contributed by atoms with Crippen molar-refractivity contribution in [3.05, 3.63) is 53.5 Å². The molecule has 2 aromatic heterocycles. The monoisotopic (exact) mass is 426 g/mol. The minimum atomic E-state index is -1.49. The largest absolute Gasteiger partial charge is 0.387 e. The van der Waals surface area contributed by atoms with Gasteiger partial charge in [-0.15, -0.1) is 0 Å². The number of aliphatic hydroxyl groups excluding tert-OH is 2. The van der Waals surface area contributed by atoms with Crippen LogP contribution in [0.3, 0.4) is 0 Å². The predicted octanol–water partition coefficient (Wildman–Crippen LogP) is 1.42. The highest BCUT2D eigenvalue weighted by Crippen LogP contribution is 2.41. The van der Waals surface area contributed by atoms with Crippen molar-refractivity contribution < 1.29 is 24.9 Å². The molecule has 9 nitrogen and oxygen atoms in total. The predicted molar refractivity (Wildman–Crippen MR) is 112 cm³/mol. The number of aryl methyl sites for hydroxylation is 2. The van der Waals surface area contributed by atoms with E-state index in [1.807, 2.05) is 25.1 Å². The van der Waals surface area contributed by atoms with Gasteiger partial charge in [0.05, 0.1) is 12.0 Å². The van der Waals surface area contributed by atoms with E-state index in [4.69, 9.17) is 9.57 Å².